The summed E-state index contributed by atoms with van der Waals surface area (Å²) in [7, 11) is -9.12. The Hall–Kier alpha value is -2.94. The molecule has 31 heavy (non-hydrogen) atoms. The van der Waals surface area contributed by atoms with Crippen LogP contribution in [-0.4, -0.2) is 51.6 Å². The normalized spacial score (nSPS) is 17.3. The van der Waals surface area contributed by atoms with Crippen LogP contribution in [0.4, 0.5) is 5.69 Å². The fourth-order valence-corrected chi connectivity index (χ4v) is 5.21. The van der Waals surface area contributed by atoms with Crippen molar-refractivity contribution in [1.29, 1.82) is 0 Å². The number of hydrogen-bond acceptors (Lipinski definition) is 9. The molecule has 1 heterocycles. The van der Waals surface area contributed by atoms with E-state index in [9.17, 15) is 36.4 Å². The lowest BCUT2D eigenvalue weighted by molar-refractivity contribution is 0.0292. The molecule has 1 atom stereocenters. The number of fused-ring (bicyclic) bond motifs is 4. The van der Waals surface area contributed by atoms with Crippen LogP contribution in [0.15, 0.2) is 35.2 Å². The summed E-state index contributed by atoms with van der Waals surface area (Å²) in [4.78, 5) is 8.56. The molecule has 160 valence electrons. The Morgan fingerprint density at radius 2 is 1.65 bits per heavy atom. The summed E-state index contributed by atoms with van der Waals surface area (Å²) in [6.45, 7) is 0. The average molecular weight is 463 g/mol. The highest BCUT2D eigenvalue weighted by molar-refractivity contribution is 7.86. The van der Waals surface area contributed by atoms with Crippen LogP contribution >= 0.6 is 0 Å². The SMILES string of the molecule is O=S(=O)(O)c1cc2c3c(c1)=CC(S(=O)(=O)O)CC=3c1nc3cc(N(O)O)ccc3nc1-2. The van der Waals surface area contributed by atoms with E-state index in [1.54, 1.807) is 0 Å². The first-order valence-electron chi connectivity index (χ1n) is 8.77. The van der Waals surface area contributed by atoms with Gasteiger partial charge in [0, 0.05) is 5.56 Å². The molecule has 0 bridgehead atoms. The van der Waals surface area contributed by atoms with Gasteiger partial charge in [-0.1, -0.05) is 6.08 Å². The van der Waals surface area contributed by atoms with Crippen molar-refractivity contribution in [2.45, 2.75) is 16.6 Å². The summed E-state index contributed by atoms with van der Waals surface area (Å²) in [6.07, 6.45) is 1.11. The van der Waals surface area contributed by atoms with Gasteiger partial charge in [0.15, 0.2) is 0 Å². The zero-order valence-corrected chi connectivity index (χ0v) is 17.0. The van der Waals surface area contributed by atoms with Crippen molar-refractivity contribution in [2.75, 3.05) is 5.23 Å². The maximum absolute atomic E-state index is 11.8. The molecular formula is C18H13N3O8S2. The summed E-state index contributed by atoms with van der Waals surface area (Å²) >= 11 is 0. The van der Waals surface area contributed by atoms with Crippen LogP contribution in [0.1, 0.15) is 12.1 Å². The van der Waals surface area contributed by atoms with E-state index in [4.69, 9.17) is 0 Å². The molecular weight excluding hydrogens is 450 g/mol. The van der Waals surface area contributed by atoms with Gasteiger partial charge in [-0.3, -0.25) is 19.5 Å². The van der Waals surface area contributed by atoms with Crippen LogP contribution < -0.4 is 15.7 Å². The molecule has 3 aromatic rings. The first kappa shape index (κ1) is 20.0. The van der Waals surface area contributed by atoms with Gasteiger partial charge in [0.25, 0.3) is 20.2 Å². The van der Waals surface area contributed by atoms with Gasteiger partial charge in [0.1, 0.15) is 5.25 Å². The van der Waals surface area contributed by atoms with E-state index in [1.165, 1.54) is 30.3 Å². The Morgan fingerprint density at radius 3 is 2.29 bits per heavy atom. The van der Waals surface area contributed by atoms with Gasteiger partial charge in [-0.05, 0) is 52.8 Å². The highest BCUT2D eigenvalue weighted by Crippen LogP contribution is 2.36. The molecule has 0 aliphatic heterocycles. The van der Waals surface area contributed by atoms with Crippen LogP contribution in [0.25, 0.3) is 33.9 Å². The van der Waals surface area contributed by atoms with Gasteiger partial charge in [-0.25, -0.2) is 9.97 Å². The molecule has 5 rings (SSSR count). The van der Waals surface area contributed by atoms with Crippen molar-refractivity contribution >= 4 is 48.6 Å². The summed E-state index contributed by atoms with van der Waals surface area (Å²) in [5.41, 5.74) is 2.01. The zero-order chi connectivity index (χ0) is 22.3. The second-order valence-electron chi connectivity index (χ2n) is 7.20. The first-order chi connectivity index (χ1) is 14.4. The standard InChI is InChI=1S/C18H13N3O8S2/c22-21(23)9-1-2-14-15(5-9)20-18-13-7-11(31(27,28)29)4-8-3-10(30(24,25)26)6-12(16(8)13)17(18)19-14/h1-6,11,22-23H,7H2,(H,24,25,26)(H,27,28,29). The third-order valence-corrected chi connectivity index (χ3v) is 7.21. The minimum absolute atomic E-state index is 0.0180. The lowest BCUT2D eigenvalue weighted by atomic mass is 10.00. The second kappa shape index (κ2) is 6.29. The molecule has 0 radical (unpaired) electrons. The van der Waals surface area contributed by atoms with Crippen LogP contribution in [0.3, 0.4) is 0 Å². The van der Waals surface area contributed by atoms with E-state index >= 15 is 0 Å². The number of hydrogen-bond donors (Lipinski definition) is 4. The molecule has 13 heteroatoms. The molecule has 1 aromatic heterocycles. The van der Waals surface area contributed by atoms with Gasteiger partial charge in [-0.2, -0.15) is 16.8 Å². The molecule has 1 unspecified atom stereocenters. The molecule has 2 aliphatic carbocycles. The van der Waals surface area contributed by atoms with Gasteiger partial charge >= 0.3 is 0 Å². The minimum Gasteiger partial charge on any atom is -0.285 e. The minimum atomic E-state index is -4.61. The van der Waals surface area contributed by atoms with Crippen LogP contribution in [0, 0.1) is 0 Å². The summed E-state index contributed by atoms with van der Waals surface area (Å²) in [5, 5.41) is 17.8. The lowest BCUT2D eigenvalue weighted by Crippen LogP contribution is -2.36. The summed E-state index contributed by atoms with van der Waals surface area (Å²) < 4.78 is 66.4. The molecule has 4 N–H and O–H groups in total. The predicted octanol–water partition coefficient (Wildman–Crippen LogP) is 0.0813. The molecule has 0 fully saturated rings. The average Bonchev–Trinajstić information content (AvgIpc) is 2.98. The van der Waals surface area contributed by atoms with Gasteiger partial charge in [0.05, 0.1) is 33.0 Å². The van der Waals surface area contributed by atoms with E-state index in [1.807, 2.05) is 0 Å². The molecule has 0 amide bonds. The quantitative estimate of drug-likeness (QED) is 0.305. The largest absolute Gasteiger partial charge is 0.294 e. The van der Waals surface area contributed by atoms with Crippen molar-refractivity contribution in [3.63, 3.8) is 0 Å². The first-order valence-corrected chi connectivity index (χ1v) is 11.7. The van der Waals surface area contributed by atoms with Crippen LogP contribution in [0.5, 0.6) is 0 Å². The Balaban J connectivity index is 1.88. The number of nitrogens with zero attached hydrogens (tertiary/aromatic N) is 3. The van der Waals surface area contributed by atoms with Gasteiger partial charge in [0.2, 0.25) is 0 Å². The van der Waals surface area contributed by atoms with Crippen molar-refractivity contribution in [3.05, 3.63) is 46.5 Å². The second-order valence-corrected chi connectivity index (χ2v) is 10.3. The fourth-order valence-electron chi connectivity index (χ4n) is 3.98. The number of aromatic nitrogens is 2. The van der Waals surface area contributed by atoms with Gasteiger partial charge < -0.3 is 0 Å². The van der Waals surface area contributed by atoms with E-state index in [0.29, 0.717) is 21.9 Å². The maximum atomic E-state index is 11.8. The molecule has 2 aromatic carbocycles. The topological polar surface area (TPSA) is 178 Å². The highest BCUT2D eigenvalue weighted by Gasteiger charge is 2.33. The third kappa shape index (κ3) is 3.10. The summed E-state index contributed by atoms with van der Waals surface area (Å²) in [5.74, 6) is 0. The molecule has 0 saturated heterocycles. The Morgan fingerprint density at radius 1 is 0.935 bits per heavy atom. The molecule has 0 saturated carbocycles. The monoisotopic (exact) mass is 463 g/mol. The van der Waals surface area contributed by atoms with Gasteiger partial charge in [-0.15, -0.1) is 5.23 Å². The van der Waals surface area contributed by atoms with E-state index < -0.39 is 30.4 Å². The Bertz CT molecular complexity index is 1650. The number of rotatable bonds is 3. The lowest BCUT2D eigenvalue weighted by Gasteiger charge is -2.15. The fraction of sp³-hybridized carbons (Fsp3) is 0.111. The highest BCUT2D eigenvalue weighted by atomic mass is 32.2. The van der Waals surface area contributed by atoms with E-state index in [0.717, 1.165) is 6.07 Å². The molecule has 0 spiro atoms. The van der Waals surface area contributed by atoms with E-state index in [2.05, 4.69) is 9.97 Å². The van der Waals surface area contributed by atoms with Crippen molar-refractivity contribution in [2.24, 2.45) is 0 Å². The number of anilines is 1. The predicted molar refractivity (Wildman–Crippen MR) is 107 cm³/mol. The van der Waals surface area contributed by atoms with Crippen LogP contribution in [-0.2, 0) is 20.2 Å². The molecule has 11 nitrogen and oxygen atoms in total. The number of benzene rings is 2. The summed E-state index contributed by atoms with van der Waals surface area (Å²) in [6, 6.07) is 6.58. The Labute approximate surface area is 174 Å². The maximum Gasteiger partial charge on any atom is 0.294 e. The third-order valence-electron chi connectivity index (χ3n) is 5.32. The van der Waals surface area contributed by atoms with E-state index in [-0.39, 0.29) is 39.5 Å². The smallest absolute Gasteiger partial charge is 0.285 e. The molecule has 2 aliphatic rings. The van der Waals surface area contributed by atoms with Crippen molar-refractivity contribution in [1.82, 2.24) is 9.97 Å². The zero-order valence-electron chi connectivity index (χ0n) is 15.3. The van der Waals surface area contributed by atoms with Crippen LogP contribution in [0.2, 0.25) is 0 Å². The Kier molecular flexibility index (Phi) is 4.05. The van der Waals surface area contributed by atoms with Crippen molar-refractivity contribution < 1.29 is 36.4 Å². The van der Waals surface area contributed by atoms with Crippen molar-refractivity contribution in [3.8, 4) is 11.3 Å².